The second-order valence-electron chi connectivity index (χ2n) is 7.48. The molecule has 6 nitrogen and oxygen atoms in total. The second-order valence-corrected chi connectivity index (χ2v) is 7.48. The fourth-order valence-corrected chi connectivity index (χ4v) is 3.81. The van der Waals surface area contributed by atoms with E-state index in [0.29, 0.717) is 6.42 Å². The minimum absolute atomic E-state index is 0.0677. The van der Waals surface area contributed by atoms with Crippen LogP contribution in [0.15, 0.2) is 11.6 Å². The number of rotatable bonds is 4. The molecular formula is C19H28O6. The van der Waals surface area contributed by atoms with Crippen LogP contribution < -0.4 is 0 Å². The van der Waals surface area contributed by atoms with E-state index in [-0.39, 0.29) is 30.3 Å². The van der Waals surface area contributed by atoms with Gasteiger partial charge < -0.3 is 19.0 Å². The van der Waals surface area contributed by atoms with Crippen molar-refractivity contribution in [3.05, 3.63) is 11.6 Å². The van der Waals surface area contributed by atoms with Gasteiger partial charge in [0.1, 0.15) is 12.2 Å². The Kier molecular flexibility index (Phi) is 6.03. The van der Waals surface area contributed by atoms with Crippen molar-refractivity contribution in [2.45, 2.75) is 77.8 Å². The summed E-state index contributed by atoms with van der Waals surface area (Å²) in [5.41, 5.74) is 0.168. The molecule has 2 rings (SSSR count). The summed E-state index contributed by atoms with van der Waals surface area (Å²) in [6, 6.07) is 0. The molecule has 1 fully saturated rings. The number of allylic oxidation sites excluding steroid dienone is 1. The van der Waals surface area contributed by atoms with Crippen molar-refractivity contribution in [2.75, 3.05) is 0 Å². The van der Waals surface area contributed by atoms with Gasteiger partial charge in [0.25, 0.3) is 0 Å². The summed E-state index contributed by atoms with van der Waals surface area (Å²) in [5.74, 6) is -1.00. The van der Waals surface area contributed by atoms with Gasteiger partial charge in [0.15, 0.2) is 11.9 Å². The molecule has 0 aromatic heterocycles. The van der Waals surface area contributed by atoms with Crippen LogP contribution in [-0.4, -0.2) is 42.1 Å². The van der Waals surface area contributed by atoms with Crippen LogP contribution in [0, 0.1) is 11.8 Å². The Hall–Kier alpha value is -1.69. The summed E-state index contributed by atoms with van der Waals surface area (Å²) in [7, 11) is 0. The van der Waals surface area contributed by atoms with E-state index in [9.17, 15) is 14.4 Å². The molecule has 0 radical (unpaired) electrons. The average Bonchev–Trinajstić information content (AvgIpc) is 3.16. The molecule has 0 aromatic carbocycles. The van der Waals surface area contributed by atoms with Gasteiger partial charge >= 0.3 is 11.9 Å². The van der Waals surface area contributed by atoms with Crippen molar-refractivity contribution < 1.29 is 28.6 Å². The first-order chi connectivity index (χ1) is 11.7. The predicted molar refractivity (Wildman–Crippen MR) is 90.7 cm³/mol. The van der Waals surface area contributed by atoms with Gasteiger partial charge in [-0.3, -0.25) is 9.59 Å². The fourth-order valence-electron chi connectivity index (χ4n) is 3.81. The van der Waals surface area contributed by atoms with Crippen molar-refractivity contribution in [1.82, 2.24) is 0 Å². The van der Waals surface area contributed by atoms with Crippen molar-refractivity contribution in [3.8, 4) is 0 Å². The first-order valence-electron chi connectivity index (χ1n) is 8.84. The van der Waals surface area contributed by atoms with E-state index in [1.807, 2.05) is 26.8 Å². The summed E-state index contributed by atoms with van der Waals surface area (Å²) < 4.78 is 16.8. The quantitative estimate of drug-likeness (QED) is 0.335. The number of carbonyl (C=O) groups is 3. The van der Waals surface area contributed by atoms with Gasteiger partial charge in [-0.15, -0.1) is 0 Å². The molecule has 0 unspecified atom stereocenters. The number of epoxide rings is 1. The maximum absolute atomic E-state index is 11.7. The maximum Gasteiger partial charge on any atom is 0.303 e. The van der Waals surface area contributed by atoms with Gasteiger partial charge in [0, 0.05) is 26.2 Å². The molecule has 1 heterocycles. The summed E-state index contributed by atoms with van der Waals surface area (Å²) in [5, 5.41) is 0. The van der Waals surface area contributed by atoms with Crippen molar-refractivity contribution in [3.63, 3.8) is 0 Å². The molecule has 1 aliphatic heterocycles. The number of aldehydes is 1. The summed E-state index contributed by atoms with van der Waals surface area (Å²) in [4.78, 5) is 35.0. The van der Waals surface area contributed by atoms with Gasteiger partial charge in [0.05, 0.1) is 6.10 Å². The van der Waals surface area contributed by atoms with Gasteiger partial charge in [-0.05, 0) is 31.8 Å². The van der Waals surface area contributed by atoms with E-state index in [0.717, 1.165) is 18.3 Å². The molecule has 0 bridgehead atoms. The Labute approximate surface area is 148 Å². The van der Waals surface area contributed by atoms with Gasteiger partial charge in [-0.25, -0.2) is 0 Å². The summed E-state index contributed by atoms with van der Waals surface area (Å²) >= 11 is 0. The van der Waals surface area contributed by atoms with E-state index in [1.165, 1.54) is 13.8 Å². The number of esters is 2. The molecule has 0 aromatic rings. The molecular weight excluding hydrogens is 324 g/mol. The standard InChI is InChI=1S/C19H28O6/c1-11(2)18-15(23-13(4)21)8-12(3)6-7-17-19(10-20,25-17)9-16(18)24-14(5)22/h8,10-11,15-18H,6-7,9H2,1-5H3/b12-8-/t15-,16-,17-,18-,19+/m1/s1. The molecule has 1 saturated heterocycles. The number of fused-ring (bicyclic) bond motifs is 1. The summed E-state index contributed by atoms with van der Waals surface area (Å²) in [6.07, 6.45) is 3.30. The van der Waals surface area contributed by atoms with Gasteiger partial charge in [0.2, 0.25) is 0 Å². The van der Waals surface area contributed by atoms with Crippen LogP contribution in [0.1, 0.15) is 53.9 Å². The van der Waals surface area contributed by atoms with Crippen LogP contribution in [0.3, 0.4) is 0 Å². The van der Waals surface area contributed by atoms with Crippen LogP contribution in [0.2, 0.25) is 0 Å². The van der Waals surface area contributed by atoms with Crippen LogP contribution >= 0.6 is 0 Å². The zero-order valence-electron chi connectivity index (χ0n) is 15.6. The third-order valence-electron chi connectivity index (χ3n) is 5.02. The van der Waals surface area contributed by atoms with Gasteiger partial charge in [-0.2, -0.15) is 0 Å². The lowest BCUT2D eigenvalue weighted by molar-refractivity contribution is -0.160. The Bertz CT molecular complexity index is 566. The molecule has 25 heavy (non-hydrogen) atoms. The van der Waals surface area contributed by atoms with Crippen LogP contribution in [-0.2, 0) is 28.6 Å². The smallest absolute Gasteiger partial charge is 0.303 e. The lowest BCUT2D eigenvalue weighted by atomic mass is 9.78. The monoisotopic (exact) mass is 352 g/mol. The highest BCUT2D eigenvalue weighted by molar-refractivity contribution is 5.69. The Morgan fingerprint density at radius 2 is 1.92 bits per heavy atom. The highest BCUT2D eigenvalue weighted by Gasteiger charge is 2.59. The lowest BCUT2D eigenvalue weighted by Crippen LogP contribution is -2.43. The van der Waals surface area contributed by atoms with Crippen LogP contribution in [0.5, 0.6) is 0 Å². The minimum atomic E-state index is -0.897. The number of hydrogen-bond donors (Lipinski definition) is 0. The molecule has 0 spiro atoms. The normalized spacial score (nSPS) is 37.3. The van der Waals surface area contributed by atoms with Crippen LogP contribution in [0.25, 0.3) is 0 Å². The third kappa shape index (κ3) is 4.69. The topological polar surface area (TPSA) is 82.2 Å². The Morgan fingerprint density at radius 1 is 1.28 bits per heavy atom. The molecule has 0 N–H and O–H groups in total. The fraction of sp³-hybridized carbons (Fsp3) is 0.737. The molecule has 5 atom stereocenters. The predicted octanol–water partition coefficient (Wildman–Crippen LogP) is 2.59. The first kappa shape index (κ1) is 19.6. The van der Waals surface area contributed by atoms with Crippen LogP contribution in [0.4, 0.5) is 0 Å². The maximum atomic E-state index is 11.7. The summed E-state index contributed by atoms with van der Waals surface area (Å²) in [6.45, 7) is 8.67. The van der Waals surface area contributed by atoms with E-state index in [2.05, 4.69) is 0 Å². The number of ether oxygens (including phenoxy) is 3. The first-order valence-corrected chi connectivity index (χ1v) is 8.84. The Balaban J connectivity index is 2.44. The average molecular weight is 352 g/mol. The SMILES string of the molecule is CC(=O)O[C@@H]1/C=C(/C)CC[C@H]2O[C@]2(C=O)C[C@@H](OC(C)=O)[C@@H]1C(C)C. The molecule has 0 saturated carbocycles. The lowest BCUT2D eigenvalue weighted by Gasteiger charge is -2.35. The number of hydrogen-bond acceptors (Lipinski definition) is 6. The largest absolute Gasteiger partial charge is 0.462 e. The molecule has 6 heteroatoms. The van der Waals surface area contributed by atoms with Crippen molar-refractivity contribution in [1.29, 1.82) is 0 Å². The second kappa shape index (κ2) is 7.68. The highest BCUT2D eigenvalue weighted by Crippen LogP contribution is 2.45. The van der Waals surface area contributed by atoms with E-state index in [1.54, 1.807) is 0 Å². The van der Waals surface area contributed by atoms with Crippen molar-refractivity contribution in [2.24, 2.45) is 11.8 Å². The zero-order valence-corrected chi connectivity index (χ0v) is 15.6. The molecule has 140 valence electrons. The number of carbonyl (C=O) groups excluding carboxylic acids is 3. The molecule has 1 aliphatic carbocycles. The Morgan fingerprint density at radius 3 is 2.44 bits per heavy atom. The van der Waals surface area contributed by atoms with E-state index in [4.69, 9.17) is 14.2 Å². The third-order valence-corrected chi connectivity index (χ3v) is 5.02. The highest BCUT2D eigenvalue weighted by atomic mass is 16.6. The zero-order chi connectivity index (χ0) is 18.8. The van der Waals surface area contributed by atoms with E-state index >= 15 is 0 Å². The molecule has 0 amide bonds. The van der Waals surface area contributed by atoms with Crippen molar-refractivity contribution >= 4 is 18.2 Å². The molecule has 2 aliphatic rings. The van der Waals surface area contributed by atoms with Gasteiger partial charge in [-0.1, -0.05) is 19.4 Å². The minimum Gasteiger partial charge on any atom is -0.462 e. The van der Waals surface area contributed by atoms with E-state index < -0.39 is 23.8 Å².